The van der Waals surface area contributed by atoms with E-state index in [-0.39, 0.29) is 19.8 Å². The van der Waals surface area contributed by atoms with Gasteiger partial charge in [0.15, 0.2) is 6.61 Å². The molecule has 0 aromatic rings. The molecule has 0 N–H and O–H groups in total. The minimum Gasteiger partial charge on any atom is -0.432 e. The maximum Gasteiger partial charge on any atom is 0.509 e. The average Bonchev–Trinajstić information content (AvgIpc) is 2.08. The highest BCUT2D eigenvalue weighted by Gasteiger charge is 2.01. The van der Waals surface area contributed by atoms with E-state index in [2.05, 4.69) is 19.6 Å². The van der Waals surface area contributed by atoms with E-state index in [1.54, 1.807) is 0 Å². The summed E-state index contributed by atoms with van der Waals surface area (Å²) in [5, 5.41) is 0. The first kappa shape index (κ1) is 11.7. The second-order valence-corrected chi connectivity index (χ2v) is 2.35. The van der Waals surface area contributed by atoms with Crippen LogP contribution >= 0.6 is 0 Å². The highest BCUT2D eigenvalue weighted by Crippen LogP contribution is 1.85. The summed E-state index contributed by atoms with van der Waals surface area (Å²) in [7, 11) is -2.91. The molecule has 0 fully saturated rings. The third-order valence-corrected chi connectivity index (χ3v) is 1.17. The van der Waals surface area contributed by atoms with Gasteiger partial charge < -0.3 is 9.47 Å². The highest BCUT2D eigenvalue weighted by atomic mass is 32.2. The molecule has 0 heterocycles. The summed E-state index contributed by atoms with van der Waals surface area (Å²) < 4.78 is 32.4. The Morgan fingerprint density at radius 2 is 2.00 bits per heavy atom. The van der Waals surface area contributed by atoms with Crippen LogP contribution in [0, 0.1) is 12.3 Å². The van der Waals surface area contributed by atoms with Gasteiger partial charge in [-0.1, -0.05) is 5.92 Å². The van der Waals surface area contributed by atoms with Crippen LogP contribution < -0.4 is 0 Å². The van der Waals surface area contributed by atoms with Crippen molar-refractivity contribution in [2.24, 2.45) is 0 Å². The van der Waals surface area contributed by atoms with Gasteiger partial charge in [0.05, 0.1) is 0 Å². The van der Waals surface area contributed by atoms with Crippen LogP contribution in [0.2, 0.25) is 0 Å². The molecule has 0 aromatic carbocycles. The fraction of sp³-hybridized carbons (Fsp3) is 0.500. The zero-order chi connectivity index (χ0) is 10.1. The number of carbonyl (C=O) groups is 1. The number of hydrogen-bond donors (Lipinski definition) is 1. The van der Waals surface area contributed by atoms with E-state index in [9.17, 15) is 13.2 Å². The number of carbonyl (C=O) groups excluding carboxylic acids is 1. The van der Waals surface area contributed by atoms with Crippen LogP contribution in [0.1, 0.15) is 0 Å². The van der Waals surface area contributed by atoms with Gasteiger partial charge in [-0.25, -0.2) is 13.2 Å². The summed E-state index contributed by atoms with van der Waals surface area (Å²) in [6.07, 6.45) is 3.83. The number of terminal acetylenes is 1. The van der Waals surface area contributed by atoms with Gasteiger partial charge in [0.25, 0.3) is 11.0 Å². The lowest BCUT2D eigenvalue weighted by Crippen LogP contribution is -2.11. The van der Waals surface area contributed by atoms with Crippen molar-refractivity contribution >= 4 is 17.1 Å². The fourth-order valence-electron chi connectivity index (χ4n) is 0.379. The third kappa shape index (κ3) is 8.65. The molecule has 0 saturated heterocycles. The zero-order valence-electron chi connectivity index (χ0n) is 6.60. The van der Waals surface area contributed by atoms with E-state index >= 15 is 0 Å². The normalized spacial score (nSPS) is 9.23. The molecular weight excluding hydrogens is 200 g/mol. The standard InChI is InChI=1S/C6H8O6S/c1-2-3-10-6(7)11-4-5-12-13(8)9/h1,13H,3-5H2. The van der Waals surface area contributed by atoms with E-state index < -0.39 is 17.1 Å². The van der Waals surface area contributed by atoms with Crippen molar-refractivity contribution in [2.45, 2.75) is 0 Å². The predicted molar refractivity (Wildman–Crippen MR) is 42.4 cm³/mol. The Kier molecular flexibility index (Phi) is 6.68. The monoisotopic (exact) mass is 208 g/mol. The van der Waals surface area contributed by atoms with Gasteiger partial charge in [-0.15, -0.1) is 6.42 Å². The van der Waals surface area contributed by atoms with Gasteiger partial charge in [0, 0.05) is 0 Å². The topological polar surface area (TPSA) is 78.9 Å². The van der Waals surface area contributed by atoms with Crippen LogP contribution in [-0.4, -0.2) is 34.4 Å². The molecule has 0 aliphatic heterocycles. The minimum absolute atomic E-state index is 0.185. The van der Waals surface area contributed by atoms with Crippen molar-refractivity contribution in [3.63, 3.8) is 0 Å². The molecule has 6 nitrogen and oxygen atoms in total. The summed E-state index contributed by atoms with van der Waals surface area (Å²) in [5.74, 6) is 2.06. The van der Waals surface area contributed by atoms with E-state index in [0.29, 0.717) is 0 Å². The first-order valence-electron chi connectivity index (χ1n) is 3.17. The Hall–Kier alpha value is -1.26. The van der Waals surface area contributed by atoms with Gasteiger partial charge in [-0.3, -0.25) is 4.18 Å². The first-order chi connectivity index (χ1) is 6.16. The molecule has 0 radical (unpaired) electrons. The molecule has 0 aliphatic rings. The molecule has 74 valence electrons. The van der Waals surface area contributed by atoms with Gasteiger partial charge in [-0.05, 0) is 0 Å². The molecule has 0 aromatic heterocycles. The predicted octanol–water partition coefficient (Wildman–Crippen LogP) is -0.684. The van der Waals surface area contributed by atoms with Crippen molar-refractivity contribution in [3.05, 3.63) is 0 Å². The Labute approximate surface area is 76.9 Å². The quantitative estimate of drug-likeness (QED) is 0.279. The van der Waals surface area contributed by atoms with Crippen molar-refractivity contribution in [3.8, 4) is 12.3 Å². The van der Waals surface area contributed by atoms with Crippen LogP contribution in [0.25, 0.3) is 0 Å². The summed E-state index contributed by atoms with van der Waals surface area (Å²) in [6, 6.07) is 0. The molecule has 0 saturated carbocycles. The summed E-state index contributed by atoms with van der Waals surface area (Å²) in [5.41, 5.74) is 0. The Morgan fingerprint density at radius 3 is 2.54 bits per heavy atom. The van der Waals surface area contributed by atoms with Gasteiger partial charge in [0.2, 0.25) is 0 Å². The number of hydrogen-bond acceptors (Lipinski definition) is 6. The lowest BCUT2D eigenvalue weighted by Gasteiger charge is -2.01. The molecule has 0 unspecified atom stereocenters. The Morgan fingerprint density at radius 1 is 1.31 bits per heavy atom. The van der Waals surface area contributed by atoms with Crippen molar-refractivity contribution in [1.82, 2.24) is 0 Å². The first-order valence-corrected chi connectivity index (χ1v) is 4.26. The van der Waals surface area contributed by atoms with Crippen molar-refractivity contribution in [1.29, 1.82) is 0 Å². The number of thiol groups is 1. The molecule has 0 bridgehead atoms. The highest BCUT2D eigenvalue weighted by molar-refractivity contribution is 7.67. The summed E-state index contributed by atoms with van der Waals surface area (Å²) >= 11 is 0. The van der Waals surface area contributed by atoms with Crippen molar-refractivity contribution in [2.75, 3.05) is 19.8 Å². The van der Waals surface area contributed by atoms with Crippen LogP contribution in [0.4, 0.5) is 4.79 Å². The lowest BCUT2D eigenvalue weighted by molar-refractivity contribution is 0.0554. The number of rotatable bonds is 5. The second kappa shape index (κ2) is 7.39. The summed E-state index contributed by atoms with van der Waals surface area (Å²) in [4.78, 5) is 10.5. The molecule has 0 amide bonds. The van der Waals surface area contributed by atoms with Crippen LogP contribution in [-0.2, 0) is 24.6 Å². The molecule has 0 spiro atoms. The molecular formula is C6H8O6S. The smallest absolute Gasteiger partial charge is 0.432 e. The molecule has 0 rings (SSSR count). The van der Waals surface area contributed by atoms with E-state index in [0.717, 1.165) is 0 Å². The largest absolute Gasteiger partial charge is 0.509 e. The molecule has 0 aliphatic carbocycles. The van der Waals surface area contributed by atoms with Crippen LogP contribution in [0.3, 0.4) is 0 Å². The molecule has 0 atom stereocenters. The average molecular weight is 208 g/mol. The van der Waals surface area contributed by atoms with E-state index in [1.165, 1.54) is 0 Å². The number of ether oxygens (including phenoxy) is 2. The lowest BCUT2D eigenvalue weighted by atomic mass is 10.7. The Balaban J connectivity index is 3.33. The summed E-state index contributed by atoms with van der Waals surface area (Å²) in [6.45, 7) is -0.619. The maximum atomic E-state index is 10.5. The fourth-order valence-corrected chi connectivity index (χ4v) is 0.603. The van der Waals surface area contributed by atoms with Gasteiger partial charge in [-0.2, -0.15) is 0 Å². The molecule has 7 heteroatoms. The van der Waals surface area contributed by atoms with Crippen LogP contribution in [0.5, 0.6) is 0 Å². The Bertz CT molecular complexity index is 255. The second-order valence-electron chi connectivity index (χ2n) is 1.65. The van der Waals surface area contributed by atoms with Crippen LogP contribution in [0.15, 0.2) is 0 Å². The van der Waals surface area contributed by atoms with Gasteiger partial charge in [0.1, 0.15) is 13.2 Å². The zero-order valence-corrected chi connectivity index (χ0v) is 7.49. The maximum absolute atomic E-state index is 10.5. The third-order valence-electron chi connectivity index (χ3n) is 0.773. The van der Waals surface area contributed by atoms with E-state index in [1.807, 2.05) is 0 Å². The van der Waals surface area contributed by atoms with E-state index in [4.69, 9.17) is 6.42 Å². The molecule has 13 heavy (non-hydrogen) atoms. The van der Waals surface area contributed by atoms with Crippen molar-refractivity contribution < 1.29 is 26.9 Å². The van der Waals surface area contributed by atoms with Gasteiger partial charge >= 0.3 is 6.16 Å². The SMILES string of the molecule is C#CCOC(=O)OCCO[SH](=O)=O. The minimum atomic E-state index is -2.91.